The number of hydrogen-bond acceptors (Lipinski definition) is 4. The maximum Gasteiger partial charge on any atom is 0.246 e. The number of rotatable bonds is 5. The van der Waals surface area contributed by atoms with Crippen molar-refractivity contribution >= 4 is 17.7 Å². The van der Waals surface area contributed by atoms with E-state index in [1.54, 1.807) is 4.90 Å². The van der Waals surface area contributed by atoms with Crippen LogP contribution in [0.3, 0.4) is 0 Å². The number of nitrogens with one attached hydrogen (secondary N) is 2. The first-order valence-electron chi connectivity index (χ1n) is 8.03. The topological polar surface area (TPSA) is 87.7 Å². The molecular formula is C17H21N3O4. The van der Waals surface area contributed by atoms with Gasteiger partial charge in [0, 0.05) is 20.1 Å². The molecular weight excluding hydrogens is 310 g/mol. The molecule has 2 saturated heterocycles. The average Bonchev–Trinajstić information content (AvgIpc) is 2.98. The molecule has 7 nitrogen and oxygen atoms in total. The zero-order chi connectivity index (χ0) is 17.1. The summed E-state index contributed by atoms with van der Waals surface area (Å²) in [6, 6.07) is 8.04. The molecule has 1 aromatic carbocycles. The van der Waals surface area contributed by atoms with E-state index in [2.05, 4.69) is 10.6 Å². The van der Waals surface area contributed by atoms with Gasteiger partial charge in [-0.3, -0.25) is 14.4 Å². The third-order valence-corrected chi connectivity index (χ3v) is 4.47. The van der Waals surface area contributed by atoms with E-state index in [9.17, 15) is 14.4 Å². The van der Waals surface area contributed by atoms with Gasteiger partial charge in [-0.1, -0.05) is 30.3 Å². The highest BCUT2D eigenvalue weighted by atomic mass is 16.5. The van der Waals surface area contributed by atoms with Gasteiger partial charge in [0.15, 0.2) is 0 Å². The van der Waals surface area contributed by atoms with E-state index in [1.807, 2.05) is 30.3 Å². The fourth-order valence-electron chi connectivity index (χ4n) is 3.40. The molecule has 0 spiro atoms. The summed E-state index contributed by atoms with van der Waals surface area (Å²) in [5.41, 5.74) is 0.999. The first kappa shape index (κ1) is 16.4. The molecule has 2 aliphatic rings. The van der Waals surface area contributed by atoms with E-state index in [0.717, 1.165) is 5.56 Å². The monoisotopic (exact) mass is 331 g/mol. The second-order valence-corrected chi connectivity index (χ2v) is 6.12. The molecule has 3 rings (SSSR count). The van der Waals surface area contributed by atoms with Crippen LogP contribution in [0, 0.1) is 0 Å². The minimum Gasteiger partial charge on any atom is -0.375 e. The molecule has 2 aliphatic heterocycles. The molecule has 1 aromatic rings. The number of carbonyl (C=O) groups is 3. The molecule has 2 fully saturated rings. The average molecular weight is 331 g/mol. The Balaban J connectivity index is 1.68. The minimum absolute atomic E-state index is 0.0601. The zero-order valence-electron chi connectivity index (χ0n) is 13.5. The number of nitrogens with zero attached hydrogens (tertiary/aromatic N) is 1. The van der Waals surface area contributed by atoms with E-state index < -0.39 is 12.1 Å². The summed E-state index contributed by atoms with van der Waals surface area (Å²) >= 11 is 0. The lowest BCUT2D eigenvalue weighted by atomic mass is 9.99. The Morgan fingerprint density at radius 3 is 2.79 bits per heavy atom. The highest BCUT2D eigenvalue weighted by Crippen LogP contribution is 2.24. The van der Waals surface area contributed by atoms with Crippen molar-refractivity contribution in [2.24, 2.45) is 0 Å². The van der Waals surface area contributed by atoms with E-state index in [4.69, 9.17) is 4.74 Å². The molecule has 0 bridgehead atoms. The van der Waals surface area contributed by atoms with Gasteiger partial charge in [-0.15, -0.1) is 0 Å². The third-order valence-electron chi connectivity index (χ3n) is 4.47. The van der Waals surface area contributed by atoms with Crippen LogP contribution in [-0.2, 0) is 25.5 Å². The quantitative estimate of drug-likeness (QED) is 0.759. The van der Waals surface area contributed by atoms with Crippen molar-refractivity contribution in [1.29, 1.82) is 0 Å². The number of hydrogen-bond donors (Lipinski definition) is 2. The molecule has 2 heterocycles. The predicted octanol–water partition coefficient (Wildman–Crippen LogP) is -0.540. The van der Waals surface area contributed by atoms with Gasteiger partial charge in [0.2, 0.25) is 17.7 Å². The van der Waals surface area contributed by atoms with Crippen LogP contribution < -0.4 is 10.6 Å². The van der Waals surface area contributed by atoms with E-state index in [0.29, 0.717) is 19.4 Å². The predicted molar refractivity (Wildman–Crippen MR) is 86.0 cm³/mol. The molecule has 24 heavy (non-hydrogen) atoms. The van der Waals surface area contributed by atoms with Crippen LogP contribution in [0.5, 0.6) is 0 Å². The fraction of sp³-hybridized carbons (Fsp3) is 0.471. The van der Waals surface area contributed by atoms with Crippen LogP contribution in [0.2, 0.25) is 0 Å². The summed E-state index contributed by atoms with van der Waals surface area (Å²) in [6.45, 7) is 0.412. The molecule has 0 aromatic heterocycles. The zero-order valence-corrected chi connectivity index (χ0v) is 13.5. The fourth-order valence-corrected chi connectivity index (χ4v) is 3.40. The Kier molecular flexibility index (Phi) is 4.80. The van der Waals surface area contributed by atoms with Crippen molar-refractivity contribution in [3.63, 3.8) is 0 Å². The first-order valence-corrected chi connectivity index (χ1v) is 8.03. The summed E-state index contributed by atoms with van der Waals surface area (Å²) in [7, 11) is 1.44. The lowest BCUT2D eigenvalue weighted by molar-refractivity contribution is -0.147. The molecule has 0 aliphatic carbocycles. The number of piperazine rings is 1. The van der Waals surface area contributed by atoms with Crippen LogP contribution in [-0.4, -0.2) is 61.0 Å². The molecule has 0 saturated carbocycles. The van der Waals surface area contributed by atoms with Crippen molar-refractivity contribution in [2.75, 3.05) is 20.3 Å². The Labute approximate surface area is 140 Å². The number of fused-ring (bicyclic) bond motifs is 1. The number of methoxy groups -OCH3 is 1. The maximum atomic E-state index is 12.7. The number of carbonyl (C=O) groups excluding carboxylic acids is 3. The molecule has 0 radical (unpaired) electrons. The second-order valence-electron chi connectivity index (χ2n) is 6.12. The molecule has 3 amide bonds. The van der Waals surface area contributed by atoms with E-state index in [1.165, 1.54) is 7.11 Å². The largest absolute Gasteiger partial charge is 0.375 e. The highest BCUT2D eigenvalue weighted by Gasteiger charge is 2.48. The maximum absolute atomic E-state index is 12.7. The van der Waals surface area contributed by atoms with Crippen LogP contribution in [0.15, 0.2) is 30.3 Å². The van der Waals surface area contributed by atoms with Crippen molar-refractivity contribution in [3.8, 4) is 0 Å². The SMILES string of the molecule is COCC(=O)NC1CCN2C(=O)C(Cc3ccccc3)NC(=O)C12. The summed E-state index contributed by atoms with van der Waals surface area (Å²) in [5, 5.41) is 5.58. The minimum atomic E-state index is -0.634. The summed E-state index contributed by atoms with van der Waals surface area (Å²) < 4.78 is 4.79. The van der Waals surface area contributed by atoms with Crippen LogP contribution in [0.1, 0.15) is 12.0 Å². The number of amides is 3. The Morgan fingerprint density at radius 1 is 1.33 bits per heavy atom. The smallest absolute Gasteiger partial charge is 0.246 e. The van der Waals surface area contributed by atoms with Gasteiger partial charge in [0.05, 0.1) is 6.04 Å². The summed E-state index contributed by atoms with van der Waals surface area (Å²) in [5.74, 6) is -0.585. The van der Waals surface area contributed by atoms with Crippen molar-refractivity contribution in [1.82, 2.24) is 15.5 Å². The van der Waals surface area contributed by atoms with Crippen LogP contribution in [0.25, 0.3) is 0 Å². The lowest BCUT2D eigenvalue weighted by Crippen LogP contribution is -2.65. The van der Waals surface area contributed by atoms with Crippen molar-refractivity contribution in [3.05, 3.63) is 35.9 Å². The lowest BCUT2D eigenvalue weighted by Gasteiger charge is -2.36. The first-order chi connectivity index (χ1) is 11.6. The Bertz CT molecular complexity index is 634. The standard InChI is InChI=1S/C17H21N3O4/c1-24-10-14(21)18-12-7-8-20-15(12)16(22)19-13(17(20)23)9-11-5-3-2-4-6-11/h2-6,12-13,15H,7-10H2,1H3,(H,18,21)(H,19,22). The van der Waals surface area contributed by atoms with Gasteiger partial charge < -0.3 is 20.3 Å². The summed E-state index contributed by atoms with van der Waals surface area (Å²) in [6.07, 6.45) is 1.03. The molecule has 3 unspecified atom stereocenters. The van der Waals surface area contributed by atoms with Gasteiger partial charge in [-0.25, -0.2) is 0 Å². The Hall–Kier alpha value is -2.41. The van der Waals surface area contributed by atoms with Gasteiger partial charge >= 0.3 is 0 Å². The highest BCUT2D eigenvalue weighted by molar-refractivity contribution is 5.98. The van der Waals surface area contributed by atoms with Crippen molar-refractivity contribution in [2.45, 2.75) is 31.0 Å². The normalized spacial score (nSPS) is 26.0. The number of ether oxygens (including phenoxy) is 1. The van der Waals surface area contributed by atoms with Gasteiger partial charge in [-0.05, 0) is 12.0 Å². The van der Waals surface area contributed by atoms with Gasteiger partial charge in [0.25, 0.3) is 0 Å². The molecule has 128 valence electrons. The van der Waals surface area contributed by atoms with Gasteiger partial charge in [-0.2, -0.15) is 0 Å². The molecule has 7 heteroatoms. The van der Waals surface area contributed by atoms with Crippen LogP contribution in [0.4, 0.5) is 0 Å². The number of benzene rings is 1. The summed E-state index contributed by atoms with van der Waals surface area (Å²) in [4.78, 5) is 38.5. The third kappa shape index (κ3) is 3.26. The Morgan fingerprint density at radius 2 is 2.08 bits per heavy atom. The molecule has 2 N–H and O–H groups in total. The van der Waals surface area contributed by atoms with E-state index >= 15 is 0 Å². The van der Waals surface area contributed by atoms with Crippen molar-refractivity contribution < 1.29 is 19.1 Å². The van der Waals surface area contributed by atoms with E-state index in [-0.39, 0.29) is 30.4 Å². The van der Waals surface area contributed by atoms with Crippen LogP contribution >= 0.6 is 0 Å². The second kappa shape index (κ2) is 7.00. The van der Waals surface area contributed by atoms with Gasteiger partial charge in [0.1, 0.15) is 18.7 Å². The molecule has 3 atom stereocenters.